The van der Waals surface area contributed by atoms with Crippen LogP contribution in [0.5, 0.6) is 0 Å². The van der Waals surface area contributed by atoms with Crippen LogP contribution in [0.2, 0.25) is 0 Å². The van der Waals surface area contributed by atoms with Crippen LogP contribution in [0.4, 0.5) is 0 Å². The second-order valence-electron chi connectivity index (χ2n) is 5.88. The second-order valence-corrected chi connectivity index (χ2v) is 8.51. The number of amides is 1. The van der Waals surface area contributed by atoms with Crippen molar-refractivity contribution in [2.45, 2.75) is 23.8 Å². The number of halogens is 1. The summed E-state index contributed by atoms with van der Waals surface area (Å²) in [5.41, 5.74) is 0.552. The minimum absolute atomic E-state index is 0.0673. The van der Waals surface area contributed by atoms with Gasteiger partial charge in [-0.05, 0) is 49.2 Å². The Bertz CT molecular complexity index is 833. The van der Waals surface area contributed by atoms with Gasteiger partial charge >= 0.3 is 0 Å². The fraction of sp³-hybridized carbons (Fsp3) is 0.294. The molecule has 0 atom stereocenters. The van der Waals surface area contributed by atoms with E-state index >= 15 is 0 Å². The molecular weight excluding hydrogens is 406 g/mol. The van der Waals surface area contributed by atoms with E-state index in [2.05, 4.69) is 25.6 Å². The number of carbonyl (C=O) groups is 1. The van der Waals surface area contributed by atoms with Crippen molar-refractivity contribution < 1.29 is 13.2 Å². The molecule has 3 rings (SSSR count). The van der Waals surface area contributed by atoms with Crippen LogP contribution in [0.1, 0.15) is 23.2 Å². The molecular formula is C17H18BrN3O3S. The van der Waals surface area contributed by atoms with Gasteiger partial charge in [0.1, 0.15) is 0 Å². The number of benzene rings is 1. The van der Waals surface area contributed by atoms with Crippen molar-refractivity contribution in [2.75, 3.05) is 13.1 Å². The molecule has 25 heavy (non-hydrogen) atoms. The highest BCUT2D eigenvalue weighted by Crippen LogP contribution is 2.18. The molecule has 0 aliphatic carbocycles. The van der Waals surface area contributed by atoms with E-state index in [1.807, 2.05) is 0 Å². The topological polar surface area (TPSA) is 79.4 Å². The van der Waals surface area contributed by atoms with E-state index in [1.165, 1.54) is 0 Å². The molecule has 0 unspecified atom stereocenters. The summed E-state index contributed by atoms with van der Waals surface area (Å²) in [5, 5.41) is 0. The number of pyridine rings is 1. The molecule has 2 aromatic rings. The Morgan fingerprint density at radius 3 is 2.44 bits per heavy atom. The van der Waals surface area contributed by atoms with E-state index in [4.69, 9.17) is 0 Å². The first-order valence-corrected chi connectivity index (χ1v) is 10.2. The van der Waals surface area contributed by atoms with Crippen LogP contribution in [0.25, 0.3) is 0 Å². The van der Waals surface area contributed by atoms with Crippen molar-refractivity contribution in [1.82, 2.24) is 14.6 Å². The van der Waals surface area contributed by atoms with Gasteiger partial charge in [-0.1, -0.05) is 15.9 Å². The lowest BCUT2D eigenvalue weighted by Gasteiger charge is -2.32. The van der Waals surface area contributed by atoms with Gasteiger partial charge in [-0.15, -0.1) is 0 Å². The molecule has 132 valence electrons. The molecule has 1 aliphatic heterocycles. The summed E-state index contributed by atoms with van der Waals surface area (Å²) >= 11 is 3.29. The third kappa shape index (κ3) is 4.45. The summed E-state index contributed by atoms with van der Waals surface area (Å²) < 4.78 is 28.4. The van der Waals surface area contributed by atoms with E-state index in [9.17, 15) is 13.2 Å². The van der Waals surface area contributed by atoms with Gasteiger partial charge in [0, 0.05) is 36.0 Å². The molecule has 0 bridgehead atoms. The Labute approximate surface area is 155 Å². The monoisotopic (exact) mass is 423 g/mol. The van der Waals surface area contributed by atoms with Gasteiger partial charge in [-0.3, -0.25) is 9.78 Å². The first-order chi connectivity index (χ1) is 12.0. The molecule has 1 aliphatic rings. The zero-order chi connectivity index (χ0) is 17.9. The molecule has 1 aromatic carbocycles. The van der Waals surface area contributed by atoms with E-state index in [-0.39, 0.29) is 16.8 Å². The zero-order valence-electron chi connectivity index (χ0n) is 13.4. The summed E-state index contributed by atoms with van der Waals surface area (Å²) in [7, 11) is -3.55. The van der Waals surface area contributed by atoms with Gasteiger partial charge in [-0.2, -0.15) is 0 Å². The number of hydrogen-bond donors (Lipinski definition) is 1. The van der Waals surface area contributed by atoms with E-state index in [0.29, 0.717) is 31.5 Å². The van der Waals surface area contributed by atoms with E-state index in [0.717, 1.165) is 4.47 Å². The first kappa shape index (κ1) is 18.0. The van der Waals surface area contributed by atoms with Crippen molar-refractivity contribution in [3.05, 3.63) is 58.8 Å². The Morgan fingerprint density at radius 1 is 1.16 bits per heavy atom. The summed E-state index contributed by atoms with van der Waals surface area (Å²) in [4.78, 5) is 18.3. The SMILES string of the molecule is O=C(c1cccnc1)N1CCC(NS(=O)(=O)c2ccc(Br)cc2)CC1. The zero-order valence-corrected chi connectivity index (χ0v) is 15.8. The maximum Gasteiger partial charge on any atom is 0.255 e. The highest BCUT2D eigenvalue weighted by molar-refractivity contribution is 9.10. The lowest BCUT2D eigenvalue weighted by atomic mass is 10.1. The number of carbonyl (C=O) groups excluding carboxylic acids is 1. The van der Waals surface area contributed by atoms with Crippen LogP contribution < -0.4 is 4.72 Å². The highest BCUT2D eigenvalue weighted by Gasteiger charge is 2.27. The Morgan fingerprint density at radius 2 is 1.84 bits per heavy atom. The molecule has 2 heterocycles. The Kier molecular flexibility index (Phi) is 5.51. The summed E-state index contributed by atoms with van der Waals surface area (Å²) in [6.07, 6.45) is 4.34. The fourth-order valence-corrected chi connectivity index (χ4v) is 4.34. The van der Waals surface area contributed by atoms with Crippen LogP contribution in [-0.4, -0.2) is 43.3 Å². The Balaban J connectivity index is 1.59. The van der Waals surface area contributed by atoms with Crippen molar-refractivity contribution in [2.24, 2.45) is 0 Å². The van der Waals surface area contributed by atoms with Crippen LogP contribution in [-0.2, 0) is 10.0 Å². The van der Waals surface area contributed by atoms with Crippen LogP contribution in [0.3, 0.4) is 0 Å². The standard InChI is InChI=1S/C17H18BrN3O3S/c18-14-3-5-16(6-4-14)25(23,24)20-15-7-10-21(11-8-15)17(22)13-2-1-9-19-12-13/h1-6,9,12,15,20H,7-8,10-11H2. The van der Waals surface area contributed by atoms with E-state index < -0.39 is 10.0 Å². The fourth-order valence-electron chi connectivity index (χ4n) is 2.77. The third-order valence-electron chi connectivity index (χ3n) is 4.14. The number of piperidine rings is 1. The molecule has 0 radical (unpaired) electrons. The van der Waals surface area contributed by atoms with Gasteiger partial charge in [0.15, 0.2) is 0 Å². The van der Waals surface area contributed by atoms with Crippen LogP contribution in [0, 0.1) is 0 Å². The van der Waals surface area contributed by atoms with Gasteiger partial charge in [0.2, 0.25) is 10.0 Å². The number of nitrogens with zero attached hydrogens (tertiary/aromatic N) is 2. The summed E-state index contributed by atoms with van der Waals surface area (Å²) in [6.45, 7) is 1.03. The first-order valence-electron chi connectivity index (χ1n) is 7.93. The van der Waals surface area contributed by atoms with Crippen LogP contribution in [0.15, 0.2) is 58.2 Å². The summed E-state index contributed by atoms with van der Waals surface area (Å²) in [5.74, 6) is -0.0673. The molecule has 8 heteroatoms. The molecule has 1 fully saturated rings. The van der Waals surface area contributed by atoms with Gasteiger partial charge in [-0.25, -0.2) is 13.1 Å². The smallest absolute Gasteiger partial charge is 0.255 e. The number of sulfonamides is 1. The van der Waals surface area contributed by atoms with Crippen molar-refractivity contribution >= 4 is 31.9 Å². The lowest BCUT2D eigenvalue weighted by molar-refractivity contribution is 0.0711. The second kappa shape index (κ2) is 7.63. The number of aromatic nitrogens is 1. The number of nitrogens with one attached hydrogen (secondary N) is 1. The number of rotatable bonds is 4. The van der Waals surface area contributed by atoms with Crippen molar-refractivity contribution in [1.29, 1.82) is 0 Å². The number of likely N-dealkylation sites (tertiary alicyclic amines) is 1. The van der Waals surface area contributed by atoms with Crippen molar-refractivity contribution in [3.8, 4) is 0 Å². The lowest BCUT2D eigenvalue weighted by Crippen LogP contribution is -2.46. The largest absolute Gasteiger partial charge is 0.338 e. The van der Waals surface area contributed by atoms with Crippen LogP contribution >= 0.6 is 15.9 Å². The molecule has 6 nitrogen and oxygen atoms in total. The van der Waals surface area contributed by atoms with E-state index in [1.54, 1.807) is 53.7 Å². The van der Waals surface area contributed by atoms with Gasteiger partial charge in [0.05, 0.1) is 10.5 Å². The maximum atomic E-state index is 12.4. The average Bonchev–Trinajstić information content (AvgIpc) is 2.62. The Hall–Kier alpha value is -1.77. The molecule has 1 saturated heterocycles. The molecule has 1 aromatic heterocycles. The molecule has 1 N–H and O–H groups in total. The average molecular weight is 424 g/mol. The normalized spacial score (nSPS) is 16.0. The quantitative estimate of drug-likeness (QED) is 0.818. The summed E-state index contributed by atoms with van der Waals surface area (Å²) in [6, 6.07) is 9.81. The predicted molar refractivity (Wildman–Crippen MR) is 97.6 cm³/mol. The third-order valence-corrected chi connectivity index (χ3v) is 6.20. The van der Waals surface area contributed by atoms with Gasteiger partial charge in [0.25, 0.3) is 5.91 Å². The van der Waals surface area contributed by atoms with Crippen molar-refractivity contribution in [3.63, 3.8) is 0 Å². The minimum Gasteiger partial charge on any atom is -0.338 e. The maximum absolute atomic E-state index is 12.4. The predicted octanol–water partition coefficient (Wildman–Crippen LogP) is 2.43. The number of hydrogen-bond acceptors (Lipinski definition) is 4. The molecule has 0 spiro atoms. The molecule has 1 amide bonds. The highest BCUT2D eigenvalue weighted by atomic mass is 79.9. The molecule has 0 saturated carbocycles. The van der Waals surface area contributed by atoms with Gasteiger partial charge < -0.3 is 4.90 Å². The minimum atomic E-state index is -3.55.